The van der Waals surface area contributed by atoms with Gasteiger partial charge in [-0.05, 0) is 74.7 Å². The van der Waals surface area contributed by atoms with Crippen LogP contribution in [0.2, 0.25) is 0 Å². The molecular formula is C33H43N3O6S. The lowest BCUT2D eigenvalue weighted by Crippen LogP contribution is -2.54. The number of methoxy groups -OCH3 is 2. The van der Waals surface area contributed by atoms with Gasteiger partial charge in [0, 0.05) is 31.5 Å². The predicted molar refractivity (Wildman–Crippen MR) is 170 cm³/mol. The zero-order chi connectivity index (χ0) is 31.6. The van der Waals surface area contributed by atoms with Gasteiger partial charge in [0.1, 0.15) is 17.5 Å². The van der Waals surface area contributed by atoms with Gasteiger partial charge in [0.15, 0.2) is 0 Å². The Bertz CT molecular complexity index is 1450. The zero-order valence-electron chi connectivity index (χ0n) is 25.9. The summed E-state index contributed by atoms with van der Waals surface area (Å²) in [5.41, 5.74) is 1.70. The molecule has 3 aromatic carbocycles. The third-order valence-electron chi connectivity index (χ3n) is 6.77. The van der Waals surface area contributed by atoms with Crippen molar-refractivity contribution in [3.05, 3.63) is 90.0 Å². The molecule has 43 heavy (non-hydrogen) atoms. The Hall–Kier alpha value is -4.05. The van der Waals surface area contributed by atoms with E-state index in [1.165, 1.54) is 4.31 Å². The monoisotopic (exact) mass is 609 g/mol. The van der Waals surface area contributed by atoms with E-state index in [0.717, 1.165) is 17.4 Å². The first-order valence-electron chi connectivity index (χ1n) is 14.2. The summed E-state index contributed by atoms with van der Waals surface area (Å²) in [6.45, 7) is 5.98. The summed E-state index contributed by atoms with van der Waals surface area (Å²) in [6, 6.07) is 22.9. The second-order valence-electron chi connectivity index (χ2n) is 11.5. The van der Waals surface area contributed by atoms with Gasteiger partial charge in [-0.2, -0.15) is 0 Å². The Labute approximate surface area is 255 Å². The lowest BCUT2D eigenvalue weighted by atomic mass is 10.00. The molecule has 0 fully saturated rings. The van der Waals surface area contributed by atoms with Crippen LogP contribution in [0.15, 0.2) is 78.9 Å². The van der Waals surface area contributed by atoms with Crippen molar-refractivity contribution in [3.8, 4) is 11.5 Å². The average molecular weight is 610 g/mol. The van der Waals surface area contributed by atoms with Gasteiger partial charge in [-0.15, -0.1) is 0 Å². The molecule has 0 spiro atoms. The molecule has 0 aliphatic carbocycles. The Morgan fingerprint density at radius 2 is 1.49 bits per heavy atom. The smallest absolute Gasteiger partial charge is 0.243 e. The predicted octanol–water partition coefficient (Wildman–Crippen LogP) is 4.80. The van der Waals surface area contributed by atoms with E-state index in [0.29, 0.717) is 23.6 Å². The first-order valence-corrected chi connectivity index (χ1v) is 16.1. The van der Waals surface area contributed by atoms with E-state index in [9.17, 15) is 18.0 Å². The second-order valence-corrected chi connectivity index (χ2v) is 13.4. The van der Waals surface area contributed by atoms with Gasteiger partial charge < -0.3 is 19.7 Å². The van der Waals surface area contributed by atoms with E-state index in [4.69, 9.17) is 9.47 Å². The molecule has 0 saturated heterocycles. The molecule has 0 aliphatic rings. The van der Waals surface area contributed by atoms with Crippen molar-refractivity contribution < 1.29 is 27.5 Å². The first kappa shape index (κ1) is 33.5. The minimum atomic E-state index is -3.61. The van der Waals surface area contributed by atoms with Crippen molar-refractivity contribution in [3.63, 3.8) is 0 Å². The zero-order valence-corrected chi connectivity index (χ0v) is 26.7. The van der Waals surface area contributed by atoms with E-state index in [1.54, 1.807) is 43.4 Å². The lowest BCUT2D eigenvalue weighted by Gasteiger charge is -2.34. The number of hydrogen-bond donors (Lipinski definition) is 1. The number of hydrogen-bond acceptors (Lipinski definition) is 6. The third kappa shape index (κ3) is 10.3. The number of sulfonamides is 1. The lowest BCUT2D eigenvalue weighted by molar-refractivity contribution is -0.142. The molecular weight excluding hydrogens is 566 g/mol. The van der Waals surface area contributed by atoms with Crippen LogP contribution in [-0.4, -0.2) is 63.7 Å². The molecule has 0 heterocycles. The maximum atomic E-state index is 14.0. The van der Waals surface area contributed by atoms with Crippen LogP contribution in [0.25, 0.3) is 0 Å². The Kier molecular flexibility index (Phi) is 11.6. The number of benzene rings is 3. The van der Waals surface area contributed by atoms with Gasteiger partial charge in [-0.25, -0.2) is 8.42 Å². The number of nitrogens with one attached hydrogen (secondary N) is 1. The van der Waals surface area contributed by atoms with Crippen molar-refractivity contribution >= 4 is 27.5 Å². The molecule has 0 aromatic heterocycles. The van der Waals surface area contributed by atoms with Crippen LogP contribution in [-0.2, 0) is 32.6 Å². The van der Waals surface area contributed by atoms with Crippen LogP contribution in [0.5, 0.6) is 11.5 Å². The summed E-state index contributed by atoms with van der Waals surface area (Å²) >= 11 is 0. The Morgan fingerprint density at radius 3 is 2.07 bits per heavy atom. The quantitative estimate of drug-likeness (QED) is 0.282. The second kappa shape index (κ2) is 14.9. The van der Waals surface area contributed by atoms with Crippen molar-refractivity contribution in [2.45, 2.75) is 58.2 Å². The number of rotatable bonds is 14. The highest BCUT2D eigenvalue weighted by atomic mass is 32.2. The molecule has 0 saturated carbocycles. The van der Waals surface area contributed by atoms with E-state index < -0.39 is 21.6 Å². The van der Waals surface area contributed by atoms with Crippen LogP contribution in [0.4, 0.5) is 5.69 Å². The molecule has 0 radical (unpaired) electrons. The fraction of sp³-hybridized carbons (Fsp3) is 0.394. The highest BCUT2D eigenvalue weighted by molar-refractivity contribution is 7.92. The molecule has 0 bridgehead atoms. The fourth-order valence-electron chi connectivity index (χ4n) is 4.73. The number of amides is 2. The van der Waals surface area contributed by atoms with Gasteiger partial charge in [0.2, 0.25) is 21.8 Å². The van der Waals surface area contributed by atoms with Gasteiger partial charge in [0.25, 0.3) is 0 Å². The minimum absolute atomic E-state index is 0.0419. The van der Waals surface area contributed by atoms with Crippen molar-refractivity contribution in [1.82, 2.24) is 10.2 Å². The molecule has 10 heteroatoms. The number of anilines is 1. The summed E-state index contributed by atoms with van der Waals surface area (Å²) in [5, 5.41) is 3.05. The van der Waals surface area contributed by atoms with Gasteiger partial charge in [-0.3, -0.25) is 13.9 Å². The van der Waals surface area contributed by atoms with Crippen molar-refractivity contribution in [1.29, 1.82) is 0 Å². The summed E-state index contributed by atoms with van der Waals surface area (Å²) < 4.78 is 37.2. The number of ether oxygens (including phenoxy) is 2. The molecule has 0 unspecified atom stereocenters. The summed E-state index contributed by atoms with van der Waals surface area (Å²) in [4.78, 5) is 29.3. The molecule has 232 valence electrons. The third-order valence-corrected chi connectivity index (χ3v) is 7.96. The van der Waals surface area contributed by atoms with Crippen LogP contribution >= 0.6 is 0 Å². The molecule has 9 nitrogen and oxygen atoms in total. The van der Waals surface area contributed by atoms with Crippen LogP contribution in [0.3, 0.4) is 0 Å². The maximum Gasteiger partial charge on any atom is 0.243 e. The Balaban J connectivity index is 1.91. The van der Waals surface area contributed by atoms with Crippen LogP contribution in [0.1, 0.15) is 44.7 Å². The highest BCUT2D eigenvalue weighted by Gasteiger charge is 2.32. The SMILES string of the molecule is COc1ccc(N(CCCC(=O)N(Cc2cccc(OC)c2)[C@@H](Cc2ccccc2)C(=O)NC(C)(C)C)S(C)(=O)=O)cc1. The summed E-state index contributed by atoms with van der Waals surface area (Å²) in [7, 11) is -0.496. The molecule has 1 atom stereocenters. The highest BCUT2D eigenvalue weighted by Crippen LogP contribution is 2.23. The fourth-order valence-corrected chi connectivity index (χ4v) is 5.69. The Morgan fingerprint density at radius 1 is 0.860 bits per heavy atom. The van der Waals surface area contributed by atoms with Gasteiger partial charge >= 0.3 is 0 Å². The summed E-state index contributed by atoms with van der Waals surface area (Å²) in [6.07, 6.45) is 1.76. The normalized spacial score (nSPS) is 12.2. The number of carbonyl (C=O) groups is 2. The van der Waals surface area contributed by atoms with Crippen molar-refractivity contribution in [2.24, 2.45) is 0 Å². The van der Waals surface area contributed by atoms with Crippen molar-refractivity contribution in [2.75, 3.05) is 31.3 Å². The topological polar surface area (TPSA) is 105 Å². The number of carbonyl (C=O) groups excluding carboxylic acids is 2. The first-order chi connectivity index (χ1) is 20.3. The number of nitrogens with zero attached hydrogens (tertiary/aromatic N) is 2. The van der Waals surface area contributed by atoms with Gasteiger partial charge in [0.05, 0.1) is 26.2 Å². The minimum Gasteiger partial charge on any atom is -0.497 e. The van der Waals surface area contributed by atoms with Crippen LogP contribution in [0, 0.1) is 0 Å². The average Bonchev–Trinajstić information content (AvgIpc) is 2.96. The molecule has 3 aromatic rings. The summed E-state index contributed by atoms with van der Waals surface area (Å²) in [5.74, 6) is 0.741. The van der Waals surface area contributed by atoms with E-state index in [2.05, 4.69) is 5.32 Å². The van der Waals surface area contributed by atoms with E-state index >= 15 is 0 Å². The molecule has 3 rings (SSSR count). The maximum absolute atomic E-state index is 14.0. The van der Waals surface area contributed by atoms with E-state index in [1.807, 2.05) is 75.4 Å². The standard InChI is InChI=1S/C33H43N3O6S/c1-33(2,3)34-32(38)30(23-25-12-8-7-9-13-25)35(24-26-14-10-15-29(22-26)42-5)31(37)16-11-21-36(43(6,39)40)27-17-19-28(41-4)20-18-27/h7-10,12-15,17-20,22,30H,11,16,21,23-24H2,1-6H3,(H,34,38)/t30-/m0/s1. The largest absolute Gasteiger partial charge is 0.497 e. The van der Waals surface area contributed by atoms with Gasteiger partial charge in [-0.1, -0.05) is 42.5 Å². The molecule has 1 N–H and O–H groups in total. The molecule has 0 aliphatic heterocycles. The molecule has 2 amide bonds. The van der Waals surface area contributed by atoms with Crippen LogP contribution < -0.4 is 19.1 Å². The van der Waals surface area contributed by atoms with E-state index in [-0.39, 0.29) is 37.7 Å².